The Labute approximate surface area is 107 Å². The Morgan fingerprint density at radius 3 is 2.17 bits per heavy atom. The number of carbonyl (C=O) groups excluding carboxylic acids is 3. The Hall–Kier alpha value is -1.63. The standard InChI is InChI=1S/C11H21N3O4/c1-11(2,3)13-10(17)12-8(15)6-14(4)7-9(16)18-5/h6-7H2,1-5H3,(H2,12,13,15,17). The van der Waals surface area contributed by atoms with Gasteiger partial charge in [-0.15, -0.1) is 0 Å². The summed E-state index contributed by atoms with van der Waals surface area (Å²) in [7, 11) is 2.85. The van der Waals surface area contributed by atoms with Crippen LogP contribution in [0.15, 0.2) is 0 Å². The molecule has 0 fully saturated rings. The van der Waals surface area contributed by atoms with Crippen LogP contribution in [0.25, 0.3) is 0 Å². The Bertz CT molecular complexity index is 323. The van der Waals surface area contributed by atoms with Crippen LogP contribution in [0.5, 0.6) is 0 Å². The van der Waals surface area contributed by atoms with Crippen LogP contribution in [-0.2, 0) is 14.3 Å². The molecule has 0 spiro atoms. The van der Waals surface area contributed by atoms with Crippen LogP contribution < -0.4 is 10.6 Å². The molecule has 0 saturated carbocycles. The predicted octanol–water partition coefficient (Wildman–Crippen LogP) is -0.284. The van der Waals surface area contributed by atoms with Crippen LogP contribution in [0.1, 0.15) is 20.8 Å². The number of amides is 3. The van der Waals surface area contributed by atoms with E-state index in [1.807, 2.05) is 0 Å². The fourth-order valence-corrected chi connectivity index (χ4v) is 1.12. The van der Waals surface area contributed by atoms with E-state index >= 15 is 0 Å². The van der Waals surface area contributed by atoms with Crippen molar-refractivity contribution in [1.29, 1.82) is 0 Å². The molecule has 18 heavy (non-hydrogen) atoms. The van der Waals surface area contributed by atoms with Crippen molar-refractivity contribution in [3.8, 4) is 0 Å². The van der Waals surface area contributed by atoms with E-state index in [0.29, 0.717) is 0 Å². The summed E-state index contributed by atoms with van der Waals surface area (Å²) in [5.74, 6) is -0.924. The fraction of sp³-hybridized carbons (Fsp3) is 0.727. The lowest BCUT2D eigenvalue weighted by molar-refractivity contribution is -0.141. The highest BCUT2D eigenvalue weighted by Gasteiger charge is 2.17. The van der Waals surface area contributed by atoms with E-state index in [0.717, 1.165) is 0 Å². The third-order valence-corrected chi connectivity index (χ3v) is 1.78. The Balaban J connectivity index is 4.04. The maximum Gasteiger partial charge on any atom is 0.321 e. The Morgan fingerprint density at radius 1 is 1.17 bits per heavy atom. The van der Waals surface area contributed by atoms with E-state index in [1.54, 1.807) is 27.8 Å². The zero-order chi connectivity index (χ0) is 14.3. The molecule has 0 atom stereocenters. The van der Waals surface area contributed by atoms with Crippen LogP contribution in [0.3, 0.4) is 0 Å². The average Bonchev–Trinajstić information content (AvgIpc) is 2.12. The first-order valence-corrected chi connectivity index (χ1v) is 5.51. The second-order valence-electron chi connectivity index (χ2n) is 5.00. The molecule has 0 radical (unpaired) electrons. The van der Waals surface area contributed by atoms with Crippen LogP contribution >= 0.6 is 0 Å². The molecule has 0 aliphatic rings. The number of hydrogen-bond donors (Lipinski definition) is 2. The van der Waals surface area contributed by atoms with Gasteiger partial charge in [-0.2, -0.15) is 0 Å². The number of esters is 1. The molecule has 0 aliphatic heterocycles. The summed E-state index contributed by atoms with van der Waals surface area (Å²) in [6.45, 7) is 5.35. The lowest BCUT2D eigenvalue weighted by atomic mass is 10.1. The minimum Gasteiger partial charge on any atom is -0.468 e. The van der Waals surface area contributed by atoms with Crippen molar-refractivity contribution < 1.29 is 19.1 Å². The number of nitrogens with one attached hydrogen (secondary N) is 2. The summed E-state index contributed by atoms with van der Waals surface area (Å²) in [5, 5.41) is 4.77. The summed E-state index contributed by atoms with van der Waals surface area (Å²) in [5.41, 5.74) is -0.414. The van der Waals surface area contributed by atoms with Crippen LogP contribution in [0.2, 0.25) is 0 Å². The van der Waals surface area contributed by atoms with Crippen molar-refractivity contribution in [3.05, 3.63) is 0 Å². The van der Waals surface area contributed by atoms with E-state index in [-0.39, 0.29) is 13.1 Å². The summed E-state index contributed by atoms with van der Waals surface area (Å²) in [6, 6.07) is -0.557. The molecule has 0 aromatic carbocycles. The third kappa shape index (κ3) is 8.51. The van der Waals surface area contributed by atoms with Crippen molar-refractivity contribution in [2.45, 2.75) is 26.3 Å². The number of hydrogen-bond acceptors (Lipinski definition) is 5. The van der Waals surface area contributed by atoms with Gasteiger partial charge in [0, 0.05) is 5.54 Å². The number of imide groups is 1. The van der Waals surface area contributed by atoms with Crippen molar-refractivity contribution in [3.63, 3.8) is 0 Å². The normalized spacial score (nSPS) is 11.0. The van der Waals surface area contributed by atoms with Crippen molar-refractivity contribution in [1.82, 2.24) is 15.5 Å². The lowest BCUT2D eigenvalue weighted by Crippen LogP contribution is -2.50. The molecule has 2 N–H and O–H groups in total. The molecule has 0 aromatic rings. The minimum atomic E-state index is -0.557. The highest BCUT2D eigenvalue weighted by Crippen LogP contribution is 1.97. The van der Waals surface area contributed by atoms with E-state index in [4.69, 9.17) is 0 Å². The number of nitrogens with zero attached hydrogens (tertiary/aromatic N) is 1. The second-order valence-corrected chi connectivity index (χ2v) is 5.00. The lowest BCUT2D eigenvalue weighted by Gasteiger charge is -2.21. The van der Waals surface area contributed by atoms with Gasteiger partial charge >= 0.3 is 12.0 Å². The fourth-order valence-electron chi connectivity index (χ4n) is 1.12. The van der Waals surface area contributed by atoms with Gasteiger partial charge in [-0.25, -0.2) is 4.79 Å². The van der Waals surface area contributed by atoms with Crippen LogP contribution in [-0.4, -0.2) is 55.6 Å². The summed E-state index contributed by atoms with van der Waals surface area (Å²) in [6.07, 6.45) is 0. The number of likely N-dealkylation sites (N-methyl/N-ethyl adjacent to an activating group) is 1. The Morgan fingerprint density at radius 2 is 1.72 bits per heavy atom. The van der Waals surface area contributed by atoms with Gasteiger partial charge in [-0.05, 0) is 27.8 Å². The molecule has 0 saturated heterocycles. The average molecular weight is 259 g/mol. The second kappa shape index (κ2) is 6.95. The molecule has 0 rings (SSSR count). The van der Waals surface area contributed by atoms with Gasteiger partial charge in [0.1, 0.15) is 0 Å². The number of urea groups is 1. The van der Waals surface area contributed by atoms with E-state index in [9.17, 15) is 14.4 Å². The predicted molar refractivity (Wildman–Crippen MR) is 65.9 cm³/mol. The number of methoxy groups -OCH3 is 1. The maximum atomic E-state index is 11.5. The quantitative estimate of drug-likeness (QED) is 0.678. The molecular formula is C11H21N3O4. The first-order valence-electron chi connectivity index (χ1n) is 5.51. The number of rotatable bonds is 4. The number of carbonyl (C=O) groups is 3. The van der Waals surface area contributed by atoms with Crippen molar-refractivity contribution in [2.75, 3.05) is 27.2 Å². The molecule has 7 nitrogen and oxygen atoms in total. The van der Waals surface area contributed by atoms with Gasteiger partial charge in [0.25, 0.3) is 0 Å². The molecule has 104 valence electrons. The molecule has 0 bridgehead atoms. The monoisotopic (exact) mass is 259 g/mol. The number of ether oxygens (including phenoxy) is 1. The zero-order valence-corrected chi connectivity index (χ0v) is 11.5. The maximum absolute atomic E-state index is 11.5. The van der Waals surface area contributed by atoms with E-state index in [2.05, 4.69) is 15.4 Å². The van der Waals surface area contributed by atoms with Gasteiger partial charge in [0.15, 0.2) is 0 Å². The molecular weight excluding hydrogens is 238 g/mol. The third-order valence-electron chi connectivity index (χ3n) is 1.78. The summed E-state index contributed by atoms with van der Waals surface area (Å²) < 4.78 is 4.46. The molecule has 0 unspecified atom stereocenters. The first kappa shape index (κ1) is 16.4. The van der Waals surface area contributed by atoms with E-state index < -0.39 is 23.4 Å². The Kier molecular flexibility index (Phi) is 6.32. The largest absolute Gasteiger partial charge is 0.468 e. The SMILES string of the molecule is COC(=O)CN(C)CC(=O)NC(=O)NC(C)(C)C. The highest BCUT2D eigenvalue weighted by molar-refractivity contribution is 5.95. The first-order chi connectivity index (χ1) is 8.14. The summed E-state index contributed by atoms with van der Waals surface area (Å²) in [4.78, 5) is 35.2. The van der Waals surface area contributed by atoms with E-state index in [1.165, 1.54) is 12.0 Å². The minimum absolute atomic E-state index is 0.00912. The van der Waals surface area contributed by atoms with Gasteiger partial charge in [0.2, 0.25) is 5.91 Å². The van der Waals surface area contributed by atoms with Crippen LogP contribution in [0.4, 0.5) is 4.79 Å². The van der Waals surface area contributed by atoms with Gasteiger partial charge < -0.3 is 10.1 Å². The van der Waals surface area contributed by atoms with Crippen molar-refractivity contribution >= 4 is 17.9 Å². The topological polar surface area (TPSA) is 87.7 Å². The smallest absolute Gasteiger partial charge is 0.321 e. The molecule has 0 aromatic heterocycles. The zero-order valence-electron chi connectivity index (χ0n) is 11.5. The van der Waals surface area contributed by atoms with Gasteiger partial charge in [0.05, 0.1) is 20.2 Å². The van der Waals surface area contributed by atoms with Crippen LogP contribution in [0, 0.1) is 0 Å². The highest BCUT2D eigenvalue weighted by atomic mass is 16.5. The van der Waals surface area contributed by atoms with Gasteiger partial charge in [-0.1, -0.05) is 0 Å². The molecule has 7 heteroatoms. The molecule has 0 aliphatic carbocycles. The molecule has 3 amide bonds. The van der Waals surface area contributed by atoms with Gasteiger partial charge in [-0.3, -0.25) is 19.8 Å². The summed E-state index contributed by atoms with van der Waals surface area (Å²) >= 11 is 0. The molecule has 0 heterocycles. The van der Waals surface area contributed by atoms with Crippen molar-refractivity contribution in [2.24, 2.45) is 0 Å².